The van der Waals surface area contributed by atoms with Gasteiger partial charge in [0.1, 0.15) is 10.6 Å². The Morgan fingerprint density at radius 3 is 1.71 bits per heavy atom. The summed E-state index contributed by atoms with van der Waals surface area (Å²) in [6.45, 7) is 2.21. The molecular weight excluding hydrogens is 863 g/mol. The minimum absolute atomic E-state index is 0.0857. The third kappa shape index (κ3) is 7.72. The van der Waals surface area contributed by atoms with Crippen LogP contribution < -0.4 is 9.47 Å². The van der Waals surface area contributed by atoms with Crippen molar-refractivity contribution in [1.82, 2.24) is 0 Å². The minimum atomic E-state index is -3.84. The van der Waals surface area contributed by atoms with Crippen LogP contribution in [0.3, 0.4) is 0 Å². The van der Waals surface area contributed by atoms with E-state index in [1.165, 1.54) is 24.3 Å². The van der Waals surface area contributed by atoms with Gasteiger partial charge in [-0.3, -0.25) is 0 Å². The van der Waals surface area contributed by atoms with Gasteiger partial charge in [0.2, 0.25) is 13.3 Å². The second-order valence-electron chi connectivity index (χ2n) is 6.06. The molecular formula is C18H14Br6Cl2O4S. The molecule has 0 radical (unpaired) electrons. The number of sulfone groups is 1. The number of alkyl halides is 4. The average Bonchev–Trinajstić information content (AvgIpc) is 2.66. The molecule has 0 unspecified atom stereocenters. The Hall–Kier alpha value is 1.45. The third-order valence-electron chi connectivity index (χ3n) is 3.81. The lowest BCUT2D eigenvalue weighted by Gasteiger charge is -2.23. The van der Waals surface area contributed by atoms with Gasteiger partial charge in [-0.05, 0) is 120 Å². The summed E-state index contributed by atoms with van der Waals surface area (Å²) in [5, 5.41) is 0. The first-order valence-corrected chi connectivity index (χ1v) is 15.6. The van der Waals surface area contributed by atoms with Crippen LogP contribution in [0.2, 0.25) is 0 Å². The molecule has 0 atom stereocenters. The number of benzene rings is 2. The van der Waals surface area contributed by atoms with Crippen LogP contribution in [0.4, 0.5) is 0 Å². The van der Waals surface area contributed by atoms with Crippen LogP contribution in [0.25, 0.3) is 0 Å². The number of ether oxygens (including phenoxy) is 2. The summed E-state index contributed by atoms with van der Waals surface area (Å²) in [5.74, 6) is 0.919. The molecule has 0 spiro atoms. The van der Waals surface area contributed by atoms with Gasteiger partial charge in [-0.25, -0.2) is 8.42 Å². The van der Waals surface area contributed by atoms with E-state index in [2.05, 4.69) is 95.6 Å². The summed E-state index contributed by atoms with van der Waals surface area (Å²) in [6.07, 6.45) is 1.06. The van der Waals surface area contributed by atoms with Gasteiger partial charge in [-0.1, -0.05) is 6.92 Å². The highest BCUT2D eigenvalue weighted by Crippen LogP contribution is 2.44. The van der Waals surface area contributed by atoms with Gasteiger partial charge in [-0.15, -0.1) is 23.2 Å². The van der Waals surface area contributed by atoms with Crippen molar-refractivity contribution < 1.29 is 17.9 Å². The van der Waals surface area contributed by atoms with Crippen molar-refractivity contribution in [1.29, 1.82) is 0 Å². The monoisotopic (exact) mass is 870 g/mol. The Morgan fingerprint density at radius 2 is 1.32 bits per heavy atom. The van der Waals surface area contributed by atoms with Crippen molar-refractivity contribution in [3.63, 3.8) is 0 Å². The van der Waals surface area contributed by atoms with E-state index in [4.69, 9.17) is 32.7 Å². The largest absolute Gasteiger partial charge is 0.491 e. The van der Waals surface area contributed by atoms with E-state index in [1.54, 1.807) is 0 Å². The van der Waals surface area contributed by atoms with Gasteiger partial charge in [0, 0.05) is 12.8 Å². The Balaban J connectivity index is 2.41. The third-order valence-corrected chi connectivity index (χ3v) is 9.76. The van der Waals surface area contributed by atoms with E-state index < -0.39 is 18.1 Å². The molecule has 2 aromatic carbocycles. The molecule has 31 heavy (non-hydrogen) atoms. The van der Waals surface area contributed by atoms with E-state index in [-0.39, 0.29) is 16.4 Å². The van der Waals surface area contributed by atoms with Crippen LogP contribution in [0.5, 0.6) is 11.5 Å². The summed E-state index contributed by atoms with van der Waals surface area (Å²) < 4.78 is 39.3. The Morgan fingerprint density at radius 1 is 0.903 bits per heavy atom. The van der Waals surface area contributed by atoms with Gasteiger partial charge >= 0.3 is 0 Å². The molecule has 2 rings (SSSR count). The smallest absolute Gasteiger partial charge is 0.217 e. The fourth-order valence-corrected chi connectivity index (χ4v) is 7.46. The lowest BCUT2D eigenvalue weighted by molar-refractivity contribution is 0.262. The van der Waals surface area contributed by atoms with Gasteiger partial charge in [0.15, 0.2) is 5.75 Å². The van der Waals surface area contributed by atoms with E-state index in [9.17, 15) is 8.42 Å². The number of halogens is 8. The predicted molar refractivity (Wildman–Crippen MR) is 146 cm³/mol. The summed E-state index contributed by atoms with van der Waals surface area (Å²) in [6, 6.07) is 5.96. The van der Waals surface area contributed by atoms with E-state index >= 15 is 0 Å². The van der Waals surface area contributed by atoms with E-state index in [0.717, 1.165) is 0 Å². The van der Waals surface area contributed by atoms with Crippen LogP contribution >= 0.6 is 119 Å². The van der Waals surface area contributed by atoms with Crippen molar-refractivity contribution >= 4 is 129 Å². The normalized spacial score (nSPS) is 12.3. The van der Waals surface area contributed by atoms with Gasteiger partial charge in [-0.2, -0.15) is 0 Å². The second-order valence-corrected chi connectivity index (χ2v) is 16.3. The molecule has 4 nitrogen and oxygen atoms in total. The second kappa shape index (κ2) is 11.9. The number of hydrogen-bond acceptors (Lipinski definition) is 4. The molecule has 0 bridgehead atoms. The van der Waals surface area contributed by atoms with Gasteiger partial charge in [0.25, 0.3) is 0 Å². The lowest BCUT2D eigenvalue weighted by Crippen LogP contribution is -2.19. The fraction of sp³-hybridized carbons (Fsp3) is 0.333. The molecule has 0 aliphatic carbocycles. The molecule has 0 heterocycles. The molecule has 0 fully saturated rings. The highest BCUT2D eigenvalue weighted by atomic mass is 79.9. The molecule has 0 saturated carbocycles. The Kier molecular flexibility index (Phi) is 11.0. The van der Waals surface area contributed by atoms with E-state index in [1.807, 2.05) is 6.92 Å². The maximum absolute atomic E-state index is 13.3. The van der Waals surface area contributed by atoms with Crippen LogP contribution in [-0.2, 0) is 9.84 Å². The maximum atomic E-state index is 13.3. The first-order valence-electron chi connectivity index (χ1n) is 8.49. The van der Waals surface area contributed by atoms with Crippen molar-refractivity contribution in [2.45, 2.75) is 37.8 Å². The van der Waals surface area contributed by atoms with Crippen LogP contribution in [0, 0.1) is 0 Å². The number of hydrogen-bond donors (Lipinski definition) is 0. The van der Waals surface area contributed by atoms with Crippen LogP contribution in [0.1, 0.15) is 19.8 Å². The van der Waals surface area contributed by atoms with Gasteiger partial charge < -0.3 is 9.47 Å². The van der Waals surface area contributed by atoms with E-state index in [0.29, 0.717) is 42.2 Å². The lowest BCUT2D eigenvalue weighted by atomic mass is 10.3. The predicted octanol–water partition coefficient (Wildman–Crippen LogP) is 9.37. The average molecular weight is 877 g/mol. The minimum Gasteiger partial charge on any atom is -0.491 e. The van der Waals surface area contributed by atoms with Gasteiger partial charge in [0.05, 0.1) is 34.3 Å². The van der Waals surface area contributed by atoms with Crippen molar-refractivity contribution in [3.05, 3.63) is 42.2 Å². The fourth-order valence-electron chi connectivity index (χ4n) is 2.23. The molecule has 0 aliphatic heterocycles. The number of rotatable bonds is 9. The van der Waals surface area contributed by atoms with Crippen molar-refractivity contribution in [2.75, 3.05) is 6.61 Å². The topological polar surface area (TPSA) is 52.6 Å². The SMILES string of the molecule is CCC(Br)(Br)Oc1c(Br)cc(S(=O)(=O)c2cc(Br)c(OCCC(Cl)Cl)c(Br)c2)cc1Br. The summed E-state index contributed by atoms with van der Waals surface area (Å²) >= 11 is 31.9. The standard InChI is InChI=1S/C18H14Br6Cl2O4S/c1-2-18(23,24)30-17-13(21)7-10(8-14(17)22)31(27,28)9-5-11(19)16(12(20)6-9)29-4-3-15(25)26/h5-8,15H,2-4H2,1H3. The van der Waals surface area contributed by atoms with Crippen LogP contribution in [-0.4, -0.2) is 23.3 Å². The zero-order valence-corrected chi connectivity index (χ0v) is 27.4. The molecule has 0 N–H and O–H groups in total. The molecule has 0 amide bonds. The van der Waals surface area contributed by atoms with Crippen LogP contribution in [0.15, 0.2) is 51.9 Å². The molecule has 0 saturated heterocycles. The molecule has 2 aromatic rings. The Labute approximate surface area is 241 Å². The van der Waals surface area contributed by atoms with Crippen molar-refractivity contribution in [3.8, 4) is 11.5 Å². The first kappa shape index (κ1) is 28.7. The molecule has 13 heteroatoms. The highest BCUT2D eigenvalue weighted by molar-refractivity contribution is 9.25. The van der Waals surface area contributed by atoms with Crippen molar-refractivity contribution in [2.24, 2.45) is 0 Å². The quantitative estimate of drug-likeness (QED) is 0.236. The maximum Gasteiger partial charge on any atom is 0.217 e. The molecule has 0 aliphatic rings. The first-order chi connectivity index (χ1) is 14.3. The zero-order valence-electron chi connectivity index (χ0n) is 15.6. The molecule has 0 aromatic heterocycles. The zero-order chi connectivity index (χ0) is 23.6. The summed E-state index contributed by atoms with van der Waals surface area (Å²) in [5.41, 5.74) is 0. The summed E-state index contributed by atoms with van der Waals surface area (Å²) in [7, 11) is -3.84. The highest BCUT2D eigenvalue weighted by Gasteiger charge is 2.27. The Bertz CT molecular complexity index is 1020. The molecule has 172 valence electrons. The summed E-state index contributed by atoms with van der Waals surface area (Å²) in [4.78, 5) is -0.371.